The van der Waals surface area contributed by atoms with Crippen molar-refractivity contribution in [1.29, 1.82) is 0 Å². The van der Waals surface area contributed by atoms with Gasteiger partial charge < -0.3 is 15.4 Å². The van der Waals surface area contributed by atoms with Gasteiger partial charge >= 0.3 is 0 Å². The summed E-state index contributed by atoms with van der Waals surface area (Å²) in [4.78, 5) is 13.9. The van der Waals surface area contributed by atoms with E-state index in [9.17, 15) is 4.79 Å². The fraction of sp³-hybridized carbons (Fsp3) is 0.588. The Morgan fingerprint density at radius 2 is 2.00 bits per heavy atom. The summed E-state index contributed by atoms with van der Waals surface area (Å²) < 4.78 is 6.02. The number of rotatable bonds is 6. The molecule has 1 saturated heterocycles. The highest BCUT2D eigenvalue weighted by Gasteiger charge is 2.34. The molecule has 0 saturated carbocycles. The number of hydrogen-bond acceptors (Lipinski definition) is 3. The first-order valence-corrected chi connectivity index (χ1v) is 7.80. The summed E-state index contributed by atoms with van der Waals surface area (Å²) in [5.74, 6) is 1.01. The summed E-state index contributed by atoms with van der Waals surface area (Å²) >= 11 is 0. The van der Waals surface area contributed by atoms with E-state index in [0.717, 1.165) is 36.1 Å². The summed E-state index contributed by atoms with van der Waals surface area (Å²) in [5.41, 5.74) is 8.20. The van der Waals surface area contributed by atoms with Crippen LogP contribution in [0, 0.1) is 13.8 Å². The number of ether oxygens (including phenoxy) is 1. The topological polar surface area (TPSA) is 55.6 Å². The summed E-state index contributed by atoms with van der Waals surface area (Å²) in [5, 5.41) is 0. The minimum Gasteiger partial charge on any atom is -0.486 e. The molecule has 0 unspecified atom stereocenters. The van der Waals surface area contributed by atoms with Crippen molar-refractivity contribution in [3.05, 3.63) is 29.3 Å². The smallest absolute Gasteiger partial charge is 0.239 e. The van der Waals surface area contributed by atoms with Gasteiger partial charge in [-0.25, -0.2) is 0 Å². The maximum atomic E-state index is 12.1. The Bertz CT molecular complexity index is 475. The van der Waals surface area contributed by atoms with E-state index in [4.69, 9.17) is 10.5 Å². The van der Waals surface area contributed by atoms with Gasteiger partial charge in [-0.15, -0.1) is 0 Å². The summed E-state index contributed by atoms with van der Waals surface area (Å²) in [6, 6.07) is 5.77. The fourth-order valence-corrected chi connectivity index (χ4v) is 2.63. The van der Waals surface area contributed by atoms with Crippen LogP contribution in [0.25, 0.3) is 0 Å². The lowest BCUT2D eigenvalue weighted by atomic mass is 10.1. The molecule has 0 spiro atoms. The molecule has 116 valence electrons. The van der Waals surface area contributed by atoms with Crippen LogP contribution in [0.4, 0.5) is 0 Å². The molecule has 0 aliphatic carbocycles. The van der Waals surface area contributed by atoms with E-state index < -0.39 is 0 Å². The molecule has 1 aromatic rings. The van der Waals surface area contributed by atoms with E-state index in [-0.39, 0.29) is 18.1 Å². The van der Waals surface area contributed by atoms with E-state index in [1.54, 1.807) is 4.90 Å². The van der Waals surface area contributed by atoms with Gasteiger partial charge in [-0.3, -0.25) is 4.79 Å². The maximum Gasteiger partial charge on any atom is 0.239 e. The SMILES string of the molecule is CCCC[C@@H](N)C(=O)N1CC(Oc2c(C)cccc2C)C1. The van der Waals surface area contributed by atoms with Crippen molar-refractivity contribution in [2.75, 3.05) is 13.1 Å². The van der Waals surface area contributed by atoms with E-state index in [0.29, 0.717) is 13.1 Å². The van der Waals surface area contributed by atoms with Gasteiger partial charge in [0, 0.05) is 0 Å². The average molecular weight is 290 g/mol. The van der Waals surface area contributed by atoms with Crippen molar-refractivity contribution >= 4 is 5.91 Å². The third-order valence-corrected chi connectivity index (χ3v) is 4.04. The zero-order valence-corrected chi connectivity index (χ0v) is 13.3. The molecule has 4 heteroatoms. The Morgan fingerprint density at radius 3 is 2.57 bits per heavy atom. The predicted octanol–water partition coefficient (Wildman–Crippen LogP) is 2.41. The Kier molecular flexibility index (Phi) is 5.23. The predicted molar refractivity (Wildman–Crippen MR) is 84.4 cm³/mol. The molecule has 0 radical (unpaired) electrons. The van der Waals surface area contributed by atoms with Crippen LogP contribution in [0.3, 0.4) is 0 Å². The Labute approximate surface area is 127 Å². The van der Waals surface area contributed by atoms with Crippen molar-refractivity contribution in [2.24, 2.45) is 5.73 Å². The average Bonchev–Trinajstić information content (AvgIpc) is 2.41. The number of amides is 1. The van der Waals surface area contributed by atoms with E-state index in [2.05, 4.69) is 6.92 Å². The normalized spacial score (nSPS) is 16.5. The number of nitrogens with two attached hydrogens (primary N) is 1. The van der Waals surface area contributed by atoms with Gasteiger partial charge in [0.15, 0.2) is 0 Å². The van der Waals surface area contributed by atoms with E-state index in [1.165, 1.54) is 0 Å². The Balaban J connectivity index is 1.83. The van der Waals surface area contributed by atoms with Crippen molar-refractivity contribution in [2.45, 2.75) is 52.2 Å². The standard InChI is InChI=1S/C17H26N2O2/c1-4-5-9-15(18)17(20)19-10-14(11-19)21-16-12(2)7-6-8-13(16)3/h6-8,14-15H,4-5,9-11,18H2,1-3H3/t15-/m1/s1. The molecule has 1 aliphatic rings. The number of likely N-dealkylation sites (tertiary alicyclic amines) is 1. The van der Waals surface area contributed by atoms with Gasteiger partial charge in [0.1, 0.15) is 11.9 Å². The largest absolute Gasteiger partial charge is 0.486 e. The minimum absolute atomic E-state index is 0.0600. The number of benzene rings is 1. The summed E-state index contributed by atoms with van der Waals surface area (Å²) in [6.07, 6.45) is 2.93. The van der Waals surface area contributed by atoms with Crippen molar-refractivity contribution in [3.8, 4) is 5.75 Å². The van der Waals surface area contributed by atoms with E-state index in [1.807, 2.05) is 32.0 Å². The molecule has 0 bridgehead atoms. The molecular formula is C17H26N2O2. The third-order valence-electron chi connectivity index (χ3n) is 4.04. The fourth-order valence-electron chi connectivity index (χ4n) is 2.63. The van der Waals surface area contributed by atoms with Crippen molar-refractivity contribution in [1.82, 2.24) is 4.90 Å². The monoisotopic (exact) mass is 290 g/mol. The Morgan fingerprint density at radius 1 is 1.38 bits per heavy atom. The van der Waals surface area contributed by atoms with Crippen molar-refractivity contribution in [3.63, 3.8) is 0 Å². The lowest BCUT2D eigenvalue weighted by Crippen LogP contribution is -2.59. The second kappa shape index (κ2) is 6.94. The molecule has 1 amide bonds. The molecule has 1 atom stereocenters. The first-order valence-electron chi connectivity index (χ1n) is 7.80. The number of unbranched alkanes of at least 4 members (excludes halogenated alkanes) is 1. The molecule has 1 fully saturated rings. The highest BCUT2D eigenvalue weighted by Crippen LogP contribution is 2.26. The first-order chi connectivity index (χ1) is 10.0. The molecule has 1 aliphatic heterocycles. The number of nitrogens with zero attached hydrogens (tertiary/aromatic N) is 1. The quantitative estimate of drug-likeness (QED) is 0.875. The zero-order valence-electron chi connectivity index (χ0n) is 13.3. The highest BCUT2D eigenvalue weighted by atomic mass is 16.5. The van der Waals surface area contributed by atoms with Crippen molar-refractivity contribution < 1.29 is 9.53 Å². The molecule has 1 aromatic carbocycles. The van der Waals surface area contributed by atoms with Crippen LogP contribution in [0.2, 0.25) is 0 Å². The molecular weight excluding hydrogens is 264 g/mol. The molecule has 21 heavy (non-hydrogen) atoms. The maximum absolute atomic E-state index is 12.1. The summed E-state index contributed by atoms with van der Waals surface area (Å²) in [6.45, 7) is 7.49. The number of carbonyl (C=O) groups excluding carboxylic acids is 1. The van der Waals surface area contributed by atoms with Gasteiger partial charge in [-0.2, -0.15) is 0 Å². The van der Waals surface area contributed by atoms with Gasteiger partial charge in [0.05, 0.1) is 19.1 Å². The van der Waals surface area contributed by atoms with Crippen LogP contribution in [0.15, 0.2) is 18.2 Å². The first kappa shape index (κ1) is 15.8. The van der Waals surface area contributed by atoms with Crippen LogP contribution in [0.5, 0.6) is 5.75 Å². The molecule has 2 N–H and O–H groups in total. The number of aryl methyl sites for hydroxylation is 2. The highest BCUT2D eigenvalue weighted by molar-refractivity contribution is 5.82. The van der Waals surface area contributed by atoms with E-state index >= 15 is 0 Å². The molecule has 4 nitrogen and oxygen atoms in total. The third kappa shape index (κ3) is 3.76. The lowest BCUT2D eigenvalue weighted by Gasteiger charge is -2.40. The van der Waals surface area contributed by atoms with Gasteiger partial charge in [0.2, 0.25) is 5.91 Å². The van der Waals surface area contributed by atoms with Crippen LogP contribution >= 0.6 is 0 Å². The van der Waals surface area contributed by atoms with Crippen LogP contribution in [0.1, 0.15) is 37.3 Å². The molecule has 0 aromatic heterocycles. The second-order valence-corrected chi connectivity index (χ2v) is 5.95. The Hall–Kier alpha value is -1.55. The second-order valence-electron chi connectivity index (χ2n) is 5.95. The number of hydrogen-bond donors (Lipinski definition) is 1. The minimum atomic E-state index is -0.355. The van der Waals surface area contributed by atoms with Gasteiger partial charge in [-0.05, 0) is 31.4 Å². The number of carbonyl (C=O) groups is 1. The van der Waals surface area contributed by atoms with Crippen LogP contribution < -0.4 is 10.5 Å². The van der Waals surface area contributed by atoms with Crippen LogP contribution in [-0.2, 0) is 4.79 Å². The lowest BCUT2D eigenvalue weighted by molar-refractivity contribution is -0.141. The molecule has 1 heterocycles. The van der Waals surface area contributed by atoms with Crippen LogP contribution in [-0.4, -0.2) is 36.0 Å². The van der Waals surface area contributed by atoms with Gasteiger partial charge in [0.25, 0.3) is 0 Å². The zero-order chi connectivity index (χ0) is 15.4. The molecule has 2 rings (SSSR count). The van der Waals surface area contributed by atoms with Gasteiger partial charge in [-0.1, -0.05) is 38.0 Å². The number of para-hydroxylation sites is 1. The summed E-state index contributed by atoms with van der Waals surface area (Å²) in [7, 11) is 0.